The van der Waals surface area contributed by atoms with E-state index >= 15 is 0 Å². The maximum atomic E-state index is 12.5. The summed E-state index contributed by atoms with van der Waals surface area (Å²) in [7, 11) is 0. The second-order valence-electron chi connectivity index (χ2n) is 6.77. The van der Waals surface area contributed by atoms with E-state index in [2.05, 4.69) is 25.7 Å². The summed E-state index contributed by atoms with van der Waals surface area (Å²) in [5.41, 5.74) is 2.54. The number of nitrogens with one attached hydrogen (secondary N) is 1. The fourth-order valence-corrected chi connectivity index (χ4v) is 3.44. The maximum absolute atomic E-state index is 12.5. The van der Waals surface area contributed by atoms with Crippen molar-refractivity contribution in [2.45, 2.75) is 44.7 Å². The van der Waals surface area contributed by atoms with Crippen LogP contribution < -0.4 is 5.32 Å². The molecule has 0 bridgehead atoms. The van der Waals surface area contributed by atoms with E-state index in [1.54, 1.807) is 11.0 Å². The van der Waals surface area contributed by atoms with E-state index in [4.69, 9.17) is 0 Å². The average Bonchev–Trinajstić information content (AvgIpc) is 3.30. The first-order valence-electron chi connectivity index (χ1n) is 8.59. The van der Waals surface area contributed by atoms with Crippen LogP contribution in [0.25, 0.3) is 5.69 Å². The number of nitrogens with zero attached hydrogens (tertiary/aromatic N) is 5. The molecule has 2 aromatic rings. The normalized spacial score (nSPS) is 19.4. The Morgan fingerprint density at radius 3 is 2.62 bits per heavy atom. The van der Waals surface area contributed by atoms with E-state index in [9.17, 15) is 4.79 Å². The van der Waals surface area contributed by atoms with Crippen LogP contribution >= 0.6 is 0 Å². The molecule has 7 heteroatoms. The molecule has 0 radical (unpaired) electrons. The van der Waals surface area contributed by atoms with Crippen molar-refractivity contribution in [2.75, 3.05) is 13.1 Å². The number of likely N-dealkylation sites (tertiary alicyclic amines) is 1. The minimum atomic E-state index is 0.00578. The number of tetrazole rings is 1. The van der Waals surface area contributed by atoms with Gasteiger partial charge in [0.2, 0.25) is 0 Å². The first-order chi connectivity index (χ1) is 11.7. The summed E-state index contributed by atoms with van der Waals surface area (Å²) in [4.78, 5) is 15.1. The minimum Gasteiger partial charge on any atom is -0.349 e. The Bertz CT molecular complexity index is 717. The number of aromatic nitrogens is 4. The molecule has 1 saturated carbocycles. The van der Waals surface area contributed by atoms with Crippen LogP contribution in [-0.2, 0) is 0 Å². The van der Waals surface area contributed by atoms with Gasteiger partial charge in [0, 0.05) is 30.7 Å². The highest BCUT2D eigenvalue weighted by atomic mass is 16.1. The smallest absolute Gasteiger partial charge is 0.251 e. The van der Waals surface area contributed by atoms with Crippen molar-refractivity contribution >= 4 is 5.91 Å². The summed E-state index contributed by atoms with van der Waals surface area (Å²) in [5, 5.41) is 14.4. The number of amides is 1. The molecule has 2 heterocycles. The summed E-state index contributed by atoms with van der Waals surface area (Å²) in [6.45, 7) is 4.17. The third-order valence-electron chi connectivity index (χ3n) is 4.98. The van der Waals surface area contributed by atoms with E-state index in [1.165, 1.54) is 12.8 Å². The van der Waals surface area contributed by atoms with Gasteiger partial charge in [0.1, 0.15) is 6.33 Å². The highest BCUT2D eigenvalue weighted by Gasteiger charge is 2.32. The molecule has 24 heavy (non-hydrogen) atoms. The van der Waals surface area contributed by atoms with Gasteiger partial charge in [0.15, 0.2) is 0 Å². The summed E-state index contributed by atoms with van der Waals surface area (Å²) in [5.74, 6) is 0.00578. The predicted octanol–water partition coefficient (Wildman–Crippen LogP) is 1.33. The van der Waals surface area contributed by atoms with Crippen LogP contribution in [0.1, 0.15) is 41.6 Å². The highest BCUT2D eigenvalue weighted by molar-refractivity contribution is 5.94. The average molecular weight is 326 g/mol. The van der Waals surface area contributed by atoms with E-state index in [0.29, 0.717) is 5.56 Å². The van der Waals surface area contributed by atoms with Gasteiger partial charge in [-0.2, -0.15) is 0 Å². The molecule has 1 aliphatic heterocycles. The largest absolute Gasteiger partial charge is 0.349 e. The van der Waals surface area contributed by atoms with Gasteiger partial charge in [-0.3, -0.25) is 4.79 Å². The van der Waals surface area contributed by atoms with Gasteiger partial charge in [0.05, 0.1) is 5.69 Å². The fraction of sp³-hybridized carbons (Fsp3) is 0.529. The fourth-order valence-electron chi connectivity index (χ4n) is 3.44. The maximum Gasteiger partial charge on any atom is 0.251 e. The Hall–Kier alpha value is -2.28. The quantitative estimate of drug-likeness (QED) is 0.917. The lowest BCUT2D eigenvalue weighted by atomic mass is 10.0. The Labute approximate surface area is 141 Å². The molecular formula is C17H22N6O. The Balaban J connectivity index is 1.38. The predicted molar refractivity (Wildman–Crippen MR) is 89.0 cm³/mol. The number of piperidine rings is 1. The number of carbonyl (C=O) groups excluding carboxylic acids is 1. The molecule has 7 nitrogen and oxygen atoms in total. The van der Waals surface area contributed by atoms with Crippen molar-refractivity contribution in [2.24, 2.45) is 0 Å². The molecular weight excluding hydrogens is 304 g/mol. The van der Waals surface area contributed by atoms with Crippen LogP contribution in [0.4, 0.5) is 0 Å². The molecule has 1 saturated heterocycles. The van der Waals surface area contributed by atoms with Crippen LogP contribution in [0.5, 0.6) is 0 Å². The number of carbonyl (C=O) groups is 1. The van der Waals surface area contributed by atoms with E-state index in [-0.39, 0.29) is 11.9 Å². The van der Waals surface area contributed by atoms with E-state index < -0.39 is 0 Å². The lowest BCUT2D eigenvalue weighted by molar-refractivity contribution is 0.0909. The SMILES string of the molecule is Cc1cc(C(=O)NC2CCN(C3CC3)CC2)ccc1-n1cnnn1. The third kappa shape index (κ3) is 3.17. The lowest BCUT2D eigenvalue weighted by Gasteiger charge is -2.32. The minimum absolute atomic E-state index is 0.00578. The number of aryl methyl sites for hydroxylation is 1. The molecule has 126 valence electrons. The molecule has 1 amide bonds. The van der Waals surface area contributed by atoms with Gasteiger partial charge in [-0.05, 0) is 66.8 Å². The topological polar surface area (TPSA) is 75.9 Å². The molecule has 1 aliphatic carbocycles. The van der Waals surface area contributed by atoms with Gasteiger partial charge >= 0.3 is 0 Å². The summed E-state index contributed by atoms with van der Waals surface area (Å²) in [6.07, 6.45) is 6.34. The molecule has 1 aromatic carbocycles. The molecule has 0 atom stereocenters. The van der Waals surface area contributed by atoms with Crippen molar-refractivity contribution in [3.63, 3.8) is 0 Å². The monoisotopic (exact) mass is 326 g/mol. The van der Waals surface area contributed by atoms with Gasteiger partial charge < -0.3 is 10.2 Å². The third-order valence-corrected chi connectivity index (χ3v) is 4.98. The van der Waals surface area contributed by atoms with Crippen molar-refractivity contribution in [3.05, 3.63) is 35.7 Å². The van der Waals surface area contributed by atoms with Crippen LogP contribution in [0.2, 0.25) is 0 Å². The van der Waals surface area contributed by atoms with Gasteiger partial charge in [-0.15, -0.1) is 5.10 Å². The Morgan fingerprint density at radius 2 is 2.00 bits per heavy atom. The van der Waals surface area contributed by atoms with Gasteiger partial charge in [0.25, 0.3) is 5.91 Å². The van der Waals surface area contributed by atoms with E-state index in [1.807, 2.05) is 25.1 Å². The first kappa shape index (κ1) is 15.3. The zero-order valence-electron chi connectivity index (χ0n) is 13.9. The summed E-state index contributed by atoms with van der Waals surface area (Å²) < 4.78 is 1.60. The Kier molecular flexibility index (Phi) is 4.02. The zero-order valence-corrected chi connectivity index (χ0v) is 13.9. The molecule has 2 aliphatic rings. The first-order valence-corrected chi connectivity index (χ1v) is 8.59. The number of hydrogen-bond acceptors (Lipinski definition) is 5. The van der Waals surface area contributed by atoms with Crippen LogP contribution in [0, 0.1) is 6.92 Å². The van der Waals surface area contributed by atoms with Crippen molar-refractivity contribution < 1.29 is 4.79 Å². The molecule has 1 aromatic heterocycles. The second kappa shape index (κ2) is 6.32. The van der Waals surface area contributed by atoms with Crippen molar-refractivity contribution in [3.8, 4) is 5.69 Å². The van der Waals surface area contributed by atoms with E-state index in [0.717, 1.165) is 43.2 Å². The molecule has 0 spiro atoms. The number of benzene rings is 1. The van der Waals surface area contributed by atoms with Gasteiger partial charge in [-0.25, -0.2) is 4.68 Å². The highest BCUT2D eigenvalue weighted by Crippen LogP contribution is 2.29. The van der Waals surface area contributed by atoms with Crippen LogP contribution in [0.3, 0.4) is 0 Å². The summed E-state index contributed by atoms with van der Waals surface area (Å²) in [6, 6.07) is 6.72. The van der Waals surface area contributed by atoms with Gasteiger partial charge in [-0.1, -0.05) is 0 Å². The summed E-state index contributed by atoms with van der Waals surface area (Å²) >= 11 is 0. The van der Waals surface area contributed by atoms with Crippen molar-refractivity contribution in [1.82, 2.24) is 30.4 Å². The second-order valence-corrected chi connectivity index (χ2v) is 6.77. The molecule has 0 unspecified atom stereocenters. The molecule has 4 rings (SSSR count). The molecule has 1 N–H and O–H groups in total. The van der Waals surface area contributed by atoms with Crippen LogP contribution in [0.15, 0.2) is 24.5 Å². The van der Waals surface area contributed by atoms with Crippen LogP contribution in [-0.4, -0.2) is 56.2 Å². The lowest BCUT2D eigenvalue weighted by Crippen LogP contribution is -2.45. The molecule has 2 fully saturated rings. The zero-order chi connectivity index (χ0) is 16.5. The standard InChI is InChI=1S/C17H22N6O/c1-12-10-13(2-5-16(12)23-11-18-20-21-23)17(24)19-14-6-8-22(9-7-14)15-3-4-15/h2,5,10-11,14-15H,3-4,6-9H2,1H3,(H,19,24). The Morgan fingerprint density at radius 1 is 1.21 bits per heavy atom. The number of rotatable bonds is 4. The number of hydrogen-bond donors (Lipinski definition) is 1. The van der Waals surface area contributed by atoms with Crippen molar-refractivity contribution in [1.29, 1.82) is 0 Å².